The summed E-state index contributed by atoms with van der Waals surface area (Å²) >= 11 is 0. The molecule has 0 spiro atoms. The van der Waals surface area contributed by atoms with Gasteiger partial charge in [-0.05, 0) is 6.07 Å². The van der Waals surface area contributed by atoms with E-state index in [1.54, 1.807) is 12.4 Å². The lowest BCUT2D eigenvalue weighted by Crippen LogP contribution is -2.36. The standard InChI is InChI=1S/C10H12N2O2/c13-8-9-7-11-2-1-10(9)12-3-5-14-6-4-12/h1-2,7-8H,3-6H2. The van der Waals surface area contributed by atoms with Gasteiger partial charge in [0.25, 0.3) is 0 Å². The van der Waals surface area contributed by atoms with Crippen LogP contribution in [0.4, 0.5) is 5.69 Å². The Morgan fingerprint density at radius 1 is 1.43 bits per heavy atom. The molecule has 0 amide bonds. The highest BCUT2D eigenvalue weighted by Crippen LogP contribution is 2.18. The fourth-order valence-electron chi connectivity index (χ4n) is 1.58. The van der Waals surface area contributed by atoms with Crippen LogP contribution in [0.5, 0.6) is 0 Å². The maximum Gasteiger partial charge on any atom is 0.153 e. The Balaban J connectivity index is 2.24. The molecule has 2 heterocycles. The van der Waals surface area contributed by atoms with Crippen LogP contribution in [0, 0.1) is 0 Å². The maximum atomic E-state index is 10.8. The van der Waals surface area contributed by atoms with Crippen LogP contribution < -0.4 is 4.90 Å². The number of aldehydes is 1. The number of aromatic nitrogens is 1. The Bertz CT molecular complexity index is 322. The number of anilines is 1. The smallest absolute Gasteiger partial charge is 0.153 e. The molecule has 0 aliphatic carbocycles. The molecule has 1 fully saturated rings. The van der Waals surface area contributed by atoms with Gasteiger partial charge in [0, 0.05) is 25.5 Å². The predicted octanol–water partition coefficient (Wildman–Crippen LogP) is 0.731. The fourth-order valence-corrected chi connectivity index (χ4v) is 1.58. The molecule has 0 aromatic carbocycles. The van der Waals surface area contributed by atoms with E-state index in [2.05, 4.69) is 9.88 Å². The summed E-state index contributed by atoms with van der Waals surface area (Å²) in [5, 5.41) is 0. The number of carbonyl (C=O) groups excluding carboxylic acids is 1. The molecule has 1 aromatic rings. The zero-order valence-electron chi connectivity index (χ0n) is 7.85. The van der Waals surface area contributed by atoms with Crippen LogP contribution in [0.3, 0.4) is 0 Å². The van der Waals surface area contributed by atoms with Crippen molar-refractivity contribution in [2.75, 3.05) is 31.2 Å². The van der Waals surface area contributed by atoms with Gasteiger partial charge in [0.2, 0.25) is 0 Å². The average Bonchev–Trinajstić information content (AvgIpc) is 2.30. The highest BCUT2D eigenvalue weighted by Gasteiger charge is 2.13. The third-order valence-corrected chi connectivity index (χ3v) is 2.31. The van der Waals surface area contributed by atoms with Crippen molar-refractivity contribution in [3.8, 4) is 0 Å². The Kier molecular flexibility index (Phi) is 2.74. The number of morpholine rings is 1. The Morgan fingerprint density at radius 3 is 2.93 bits per heavy atom. The van der Waals surface area contributed by atoms with Gasteiger partial charge >= 0.3 is 0 Å². The fraction of sp³-hybridized carbons (Fsp3) is 0.400. The van der Waals surface area contributed by atoms with E-state index >= 15 is 0 Å². The van der Waals surface area contributed by atoms with Gasteiger partial charge in [-0.1, -0.05) is 0 Å². The first-order valence-corrected chi connectivity index (χ1v) is 4.63. The van der Waals surface area contributed by atoms with Crippen LogP contribution in [0.2, 0.25) is 0 Å². The second-order valence-corrected chi connectivity index (χ2v) is 3.15. The third kappa shape index (κ3) is 1.75. The molecule has 0 unspecified atom stereocenters. The molecule has 1 aromatic heterocycles. The van der Waals surface area contributed by atoms with E-state index in [0.717, 1.165) is 38.3 Å². The highest BCUT2D eigenvalue weighted by molar-refractivity contribution is 5.83. The van der Waals surface area contributed by atoms with Gasteiger partial charge in [-0.3, -0.25) is 9.78 Å². The summed E-state index contributed by atoms with van der Waals surface area (Å²) in [5.41, 5.74) is 1.60. The van der Waals surface area contributed by atoms with E-state index in [0.29, 0.717) is 5.56 Å². The topological polar surface area (TPSA) is 42.4 Å². The quantitative estimate of drug-likeness (QED) is 0.648. The van der Waals surface area contributed by atoms with Gasteiger partial charge in [0.1, 0.15) is 0 Å². The van der Waals surface area contributed by atoms with Crippen LogP contribution in [-0.2, 0) is 4.74 Å². The van der Waals surface area contributed by atoms with Crippen molar-refractivity contribution in [2.24, 2.45) is 0 Å². The second-order valence-electron chi connectivity index (χ2n) is 3.15. The number of ether oxygens (including phenoxy) is 1. The molecule has 1 aliphatic rings. The summed E-state index contributed by atoms with van der Waals surface area (Å²) in [7, 11) is 0. The lowest BCUT2D eigenvalue weighted by atomic mass is 10.2. The maximum absolute atomic E-state index is 10.8. The average molecular weight is 192 g/mol. The molecule has 14 heavy (non-hydrogen) atoms. The number of hydrogen-bond donors (Lipinski definition) is 0. The SMILES string of the molecule is O=Cc1cnccc1N1CCOCC1. The summed E-state index contributed by atoms with van der Waals surface area (Å²) in [5.74, 6) is 0. The minimum atomic E-state index is 0.648. The minimum absolute atomic E-state index is 0.648. The van der Waals surface area contributed by atoms with Crippen LogP contribution in [0.15, 0.2) is 18.5 Å². The molecule has 0 radical (unpaired) electrons. The molecule has 1 saturated heterocycles. The first-order valence-electron chi connectivity index (χ1n) is 4.63. The van der Waals surface area contributed by atoms with Gasteiger partial charge in [0.15, 0.2) is 6.29 Å². The van der Waals surface area contributed by atoms with E-state index in [4.69, 9.17) is 4.74 Å². The zero-order chi connectivity index (χ0) is 9.80. The molecular formula is C10H12N2O2. The Morgan fingerprint density at radius 2 is 2.21 bits per heavy atom. The zero-order valence-corrected chi connectivity index (χ0v) is 7.85. The van der Waals surface area contributed by atoms with Crippen LogP contribution in [0.1, 0.15) is 10.4 Å². The van der Waals surface area contributed by atoms with Crippen molar-refractivity contribution in [2.45, 2.75) is 0 Å². The van der Waals surface area contributed by atoms with Crippen LogP contribution in [0.25, 0.3) is 0 Å². The molecule has 0 N–H and O–H groups in total. The van der Waals surface area contributed by atoms with E-state index < -0.39 is 0 Å². The van der Waals surface area contributed by atoms with Crippen molar-refractivity contribution in [1.82, 2.24) is 4.98 Å². The van der Waals surface area contributed by atoms with Crippen molar-refractivity contribution < 1.29 is 9.53 Å². The molecule has 2 rings (SSSR count). The number of pyridine rings is 1. The van der Waals surface area contributed by atoms with Crippen molar-refractivity contribution >= 4 is 12.0 Å². The predicted molar refractivity (Wildman–Crippen MR) is 52.7 cm³/mol. The van der Waals surface area contributed by atoms with E-state index in [1.807, 2.05) is 6.07 Å². The molecule has 4 nitrogen and oxygen atoms in total. The number of nitrogens with zero attached hydrogens (tertiary/aromatic N) is 2. The summed E-state index contributed by atoms with van der Waals surface area (Å²) in [6.07, 6.45) is 4.15. The van der Waals surface area contributed by atoms with Crippen molar-refractivity contribution in [3.05, 3.63) is 24.0 Å². The van der Waals surface area contributed by atoms with Crippen LogP contribution in [-0.4, -0.2) is 37.6 Å². The minimum Gasteiger partial charge on any atom is -0.378 e. The summed E-state index contributed by atoms with van der Waals surface area (Å²) < 4.78 is 5.25. The number of carbonyl (C=O) groups is 1. The lowest BCUT2D eigenvalue weighted by molar-refractivity contribution is 0.111. The normalized spacial score (nSPS) is 16.7. The monoisotopic (exact) mass is 192 g/mol. The van der Waals surface area contributed by atoms with Gasteiger partial charge in [0.05, 0.1) is 24.5 Å². The summed E-state index contributed by atoms with van der Waals surface area (Å²) in [6, 6.07) is 1.87. The summed E-state index contributed by atoms with van der Waals surface area (Å²) in [6.45, 7) is 3.12. The van der Waals surface area contributed by atoms with Gasteiger partial charge in [-0.15, -0.1) is 0 Å². The van der Waals surface area contributed by atoms with Gasteiger partial charge in [-0.25, -0.2) is 0 Å². The lowest BCUT2D eigenvalue weighted by Gasteiger charge is -2.29. The molecule has 0 atom stereocenters. The number of rotatable bonds is 2. The largest absolute Gasteiger partial charge is 0.378 e. The highest BCUT2D eigenvalue weighted by atomic mass is 16.5. The Hall–Kier alpha value is -1.42. The Labute approximate surface area is 82.5 Å². The van der Waals surface area contributed by atoms with Gasteiger partial charge < -0.3 is 9.64 Å². The first kappa shape index (κ1) is 9.15. The van der Waals surface area contributed by atoms with E-state index in [-0.39, 0.29) is 0 Å². The molecule has 74 valence electrons. The first-order chi connectivity index (χ1) is 6.92. The van der Waals surface area contributed by atoms with E-state index in [1.165, 1.54) is 0 Å². The van der Waals surface area contributed by atoms with Gasteiger partial charge in [-0.2, -0.15) is 0 Å². The molecule has 4 heteroatoms. The van der Waals surface area contributed by atoms with Crippen molar-refractivity contribution in [1.29, 1.82) is 0 Å². The second kappa shape index (κ2) is 4.19. The van der Waals surface area contributed by atoms with E-state index in [9.17, 15) is 4.79 Å². The molecule has 0 bridgehead atoms. The third-order valence-electron chi connectivity index (χ3n) is 2.31. The number of hydrogen-bond acceptors (Lipinski definition) is 4. The van der Waals surface area contributed by atoms with Crippen molar-refractivity contribution in [3.63, 3.8) is 0 Å². The van der Waals surface area contributed by atoms with Crippen LogP contribution >= 0.6 is 0 Å². The molecule has 0 saturated carbocycles. The summed E-state index contributed by atoms with van der Waals surface area (Å²) in [4.78, 5) is 16.8. The molecular weight excluding hydrogens is 180 g/mol. The molecule has 1 aliphatic heterocycles.